The van der Waals surface area contributed by atoms with E-state index in [0.717, 1.165) is 15.7 Å². The first-order chi connectivity index (χ1) is 12.5. The van der Waals surface area contributed by atoms with E-state index in [-0.39, 0.29) is 5.91 Å². The largest absolute Gasteiger partial charge is 0.381 e. The molecule has 5 nitrogen and oxygen atoms in total. The van der Waals surface area contributed by atoms with Crippen molar-refractivity contribution in [2.45, 2.75) is 20.8 Å². The average molecular weight is 537 g/mol. The van der Waals surface area contributed by atoms with E-state index in [0.29, 0.717) is 11.3 Å². The Morgan fingerprint density at radius 3 is 2.23 bits per heavy atom. The van der Waals surface area contributed by atoms with E-state index in [9.17, 15) is 4.79 Å². The molecule has 0 unspecified atom stereocenters. The fourth-order valence-electron chi connectivity index (χ4n) is 1.82. The second kappa shape index (κ2) is 14.0. The number of anilines is 1. The van der Waals surface area contributed by atoms with E-state index in [1.54, 1.807) is 19.2 Å². The number of aryl methyl sites for hydroxylation is 1. The summed E-state index contributed by atoms with van der Waals surface area (Å²) < 4.78 is 0.958. The van der Waals surface area contributed by atoms with Gasteiger partial charge in [0.25, 0.3) is 5.91 Å². The molecule has 0 aliphatic heterocycles. The van der Waals surface area contributed by atoms with Gasteiger partial charge in [-0.2, -0.15) is 0 Å². The number of rotatable bonds is 5. The minimum absolute atomic E-state index is 0.189. The zero-order valence-electron chi connectivity index (χ0n) is 16.0. The highest BCUT2D eigenvalue weighted by molar-refractivity contribution is 14.1. The zero-order chi connectivity index (χ0) is 20.1. The Balaban J connectivity index is 0.00000146. The Kier molecular flexibility index (Phi) is 13.3. The van der Waals surface area contributed by atoms with E-state index in [1.807, 2.05) is 56.0 Å². The van der Waals surface area contributed by atoms with Gasteiger partial charge in [-0.05, 0) is 59.0 Å². The van der Waals surface area contributed by atoms with Crippen molar-refractivity contribution in [2.24, 2.45) is 0 Å². The van der Waals surface area contributed by atoms with Gasteiger partial charge in [-0.15, -0.1) is 0 Å². The van der Waals surface area contributed by atoms with Gasteiger partial charge in [-0.1, -0.05) is 58.4 Å². The van der Waals surface area contributed by atoms with E-state index in [1.165, 1.54) is 12.3 Å². The molecule has 0 heterocycles. The molecule has 7 heteroatoms. The monoisotopic (exact) mass is 536 g/mol. The standard InChI is InChI=1S/C16H17BrN2O3.C2H6.CH3I/c1-11-4-9-14(22-19(2)21-3)10-15(11)16(20)18-13-7-5-12(17)6-8-13;2*1-2/h4-10H,1-3H3,(H,18,20);1-2H3;1H3. The highest BCUT2D eigenvalue weighted by Crippen LogP contribution is 2.20. The van der Waals surface area contributed by atoms with Crippen molar-refractivity contribution in [3.05, 3.63) is 58.1 Å². The molecule has 0 spiro atoms. The number of carbonyl (C=O) groups is 1. The predicted molar refractivity (Wildman–Crippen MR) is 120 cm³/mol. The second-order valence-electron chi connectivity index (χ2n) is 4.65. The normalized spacial score (nSPS) is 9.42. The summed E-state index contributed by atoms with van der Waals surface area (Å²) in [5, 5.41) is 4.07. The van der Waals surface area contributed by atoms with Crippen LogP contribution in [0, 0.1) is 6.92 Å². The molecular formula is C19H26BrIN2O3. The molecule has 0 atom stereocenters. The summed E-state index contributed by atoms with van der Waals surface area (Å²) in [5.41, 5.74) is 2.14. The van der Waals surface area contributed by atoms with Crippen LogP contribution in [-0.4, -0.2) is 30.2 Å². The van der Waals surface area contributed by atoms with E-state index >= 15 is 0 Å². The van der Waals surface area contributed by atoms with Crippen molar-refractivity contribution in [1.82, 2.24) is 5.23 Å². The SMILES string of the molecule is CC.CI.CON(C)Oc1ccc(C)c(C(=O)Nc2ccc(Br)cc2)c1. The van der Waals surface area contributed by atoms with Crippen molar-refractivity contribution >= 4 is 50.1 Å². The van der Waals surface area contributed by atoms with Crippen molar-refractivity contribution < 1.29 is 14.5 Å². The number of nitrogens with zero attached hydrogens (tertiary/aromatic N) is 1. The number of hydrogen-bond acceptors (Lipinski definition) is 4. The lowest BCUT2D eigenvalue weighted by Crippen LogP contribution is -2.21. The van der Waals surface area contributed by atoms with Crippen LogP contribution >= 0.6 is 38.5 Å². The molecule has 26 heavy (non-hydrogen) atoms. The number of benzene rings is 2. The van der Waals surface area contributed by atoms with Gasteiger partial charge in [0.15, 0.2) is 5.75 Å². The summed E-state index contributed by atoms with van der Waals surface area (Å²) >= 11 is 5.51. The van der Waals surface area contributed by atoms with Crippen LogP contribution in [0.25, 0.3) is 0 Å². The minimum Gasteiger partial charge on any atom is -0.381 e. The summed E-state index contributed by atoms with van der Waals surface area (Å²) in [6, 6.07) is 12.7. The maximum Gasteiger partial charge on any atom is 0.256 e. The fraction of sp³-hybridized carbons (Fsp3) is 0.316. The third kappa shape index (κ3) is 8.48. The molecule has 0 bridgehead atoms. The number of halogens is 2. The molecule has 0 aromatic heterocycles. The number of hydrogen-bond donors (Lipinski definition) is 1. The summed E-state index contributed by atoms with van der Waals surface area (Å²) in [4.78, 5) is 24.7. The fourth-order valence-corrected chi connectivity index (χ4v) is 2.08. The average Bonchev–Trinajstić information content (AvgIpc) is 2.68. The lowest BCUT2D eigenvalue weighted by molar-refractivity contribution is -0.284. The van der Waals surface area contributed by atoms with Crippen LogP contribution in [0.3, 0.4) is 0 Å². The molecule has 144 valence electrons. The van der Waals surface area contributed by atoms with E-state index in [2.05, 4.69) is 43.8 Å². The Morgan fingerprint density at radius 1 is 1.12 bits per heavy atom. The van der Waals surface area contributed by atoms with Crippen LogP contribution in [0.2, 0.25) is 0 Å². The van der Waals surface area contributed by atoms with Gasteiger partial charge in [0.1, 0.15) is 0 Å². The molecule has 0 radical (unpaired) electrons. The van der Waals surface area contributed by atoms with Gasteiger partial charge in [0.05, 0.1) is 14.2 Å². The minimum atomic E-state index is -0.189. The van der Waals surface area contributed by atoms with Gasteiger partial charge < -0.3 is 10.2 Å². The highest BCUT2D eigenvalue weighted by atomic mass is 127. The van der Waals surface area contributed by atoms with Crippen LogP contribution in [-0.2, 0) is 4.84 Å². The summed E-state index contributed by atoms with van der Waals surface area (Å²) in [7, 11) is 3.12. The van der Waals surface area contributed by atoms with Crippen LogP contribution in [0.1, 0.15) is 29.8 Å². The maximum absolute atomic E-state index is 12.4. The number of hydroxylamine groups is 2. The van der Waals surface area contributed by atoms with Gasteiger partial charge in [-0.3, -0.25) is 9.63 Å². The van der Waals surface area contributed by atoms with Crippen LogP contribution < -0.4 is 10.2 Å². The molecule has 2 aromatic carbocycles. The summed E-state index contributed by atoms with van der Waals surface area (Å²) in [6.45, 7) is 5.88. The molecule has 0 saturated carbocycles. The third-order valence-corrected chi connectivity index (χ3v) is 3.58. The molecule has 0 aliphatic carbocycles. The molecule has 0 aliphatic rings. The Hall–Kier alpha value is -1.16. The van der Waals surface area contributed by atoms with Crippen LogP contribution in [0.4, 0.5) is 5.69 Å². The van der Waals surface area contributed by atoms with Crippen LogP contribution in [0.15, 0.2) is 46.9 Å². The first-order valence-electron chi connectivity index (χ1n) is 8.01. The lowest BCUT2D eigenvalue weighted by Gasteiger charge is -2.15. The maximum atomic E-state index is 12.4. The highest BCUT2D eigenvalue weighted by Gasteiger charge is 2.12. The Morgan fingerprint density at radius 2 is 1.69 bits per heavy atom. The smallest absolute Gasteiger partial charge is 0.256 e. The Labute approximate surface area is 178 Å². The Bertz CT molecular complexity index is 666. The second-order valence-corrected chi connectivity index (χ2v) is 5.57. The first kappa shape index (κ1) is 24.8. The summed E-state index contributed by atoms with van der Waals surface area (Å²) in [5.74, 6) is 0.334. The molecule has 0 saturated heterocycles. The van der Waals surface area contributed by atoms with Crippen molar-refractivity contribution in [3.63, 3.8) is 0 Å². The number of carbonyl (C=O) groups excluding carboxylic acids is 1. The number of alkyl halides is 1. The lowest BCUT2D eigenvalue weighted by atomic mass is 10.1. The number of nitrogens with one attached hydrogen (secondary N) is 1. The molecule has 2 rings (SSSR count). The van der Waals surface area contributed by atoms with Crippen molar-refractivity contribution in [2.75, 3.05) is 24.4 Å². The first-order valence-corrected chi connectivity index (χ1v) is 11.0. The molecule has 2 aromatic rings. The van der Waals surface area contributed by atoms with Crippen LogP contribution in [0.5, 0.6) is 5.75 Å². The number of amides is 1. The predicted octanol–water partition coefficient (Wildman–Crippen LogP) is 5.87. The zero-order valence-corrected chi connectivity index (χ0v) is 19.7. The molecule has 1 amide bonds. The molecule has 1 N–H and O–H groups in total. The van der Waals surface area contributed by atoms with Gasteiger partial charge in [0, 0.05) is 15.7 Å². The van der Waals surface area contributed by atoms with Gasteiger partial charge in [-0.25, -0.2) is 0 Å². The van der Waals surface area contributed by atoms with E-state index in [4.69, 9.17) is 9.68 Å². The third-order valence-electron chi connectivity index (χ3n) is 3.05. The van der Waals surface area contributed by atoms with Gasteiger partial charge in [0.2, 0.25) is 0 Å². The van der Waals surface area contributed by atoms with Gasteiger partial charge >= 0.3 is 0 Å². The summed E-state index contributed by atoms with van der Waals surface area (Å²) in [6.07, 6.45) is 0. The van der Waals surface area contributed by atoms with Crippen molar-refractivity contribution in [3.8, 4) is 5.75 Å². The topological polar surface area (TPSA) is 50.8 Å². The molecular weight excluding hydrogens is 511 g/mol. The van der Waals surface area contributed by atoms with E-state index < -0.39 is 0 Å². The molecule has 0 fully saturated rings. The quantitative estimate of drug-likeness (QED) is 0.295. The van der Waals surface area contributed by atoms with Crippen molar-refractivity contribution in [1.29, 1.82) is 0 Å².